The number of hydrogen-bond acceptors (Lipinski definition) is 4. The van der Waals surface area contributed by atoms with Gasteiger partial charge in [-0.3, -0.25) is 4.90 Å². The van der Waals surface area contributed by atoms with Crippen LogP contribution in [0.15, 0.2) is 59.5 Å². The highest BCUT2D eigenvalue weighted by Crippen LogP contribution is 2.31. The highest BCUT2D eigenvalue weighted by atomic mass is 32.2. The summed E-state index contributed by atoms with van der Waals surface area (Å²) in [6, 6.07) is 17.4. The molecular formula is C20H25N3O2S. The monoisotopic (exact) mass is 371 g/mol. The van der Waals surface area contributed by atoms with Crippen LogP contribution >= 0.6 is 0 Å². The summed E-state index contributed by atoms with van der Waals surface area (Å²) in [5, 5.41) is 3.36. The fraction of sp³-hybridized carbons (Fsp3) is 0.400. The van der Waals surface area contributed by atoms with Crippen LogP contribution in [0.2, 0.25) is 0 Å². The molecule has 6 heteroatoms. The first-order valence-electron chi connectivity index (χ1n) is 9.25. The second-order valence-corrected chi connectivity index (χ2v) is 8.86. The molecule has 0 bridgehead atoms. The number of sulfonamides is 1. The average Bonchev–Trinajstić information content (AvgIpc) is 3.21. The van der Waals surface area contributed by atoms with Gasteiger partial charge in [0.1, 0.15) is 0 Å². The zero-order chi connectivity index (χ0) is 18.0. The molecule has 0 aromatic heterocycles. The van der Waals surface area contributed by atoms with Crippen molar-refractivity contribution in [2.45, 2.75) is 17.4 Å². The smallest absolute Gasteiger partial charge is 0.243 e. The first-order valence-corrected chi connectivity index (χ1v) is 10.7. The van der Waals surface area contributed by atoms with E-state index in [1.807, 2.05) is 48.5 Å². The third-order valence-corrected chi connectivity index (χ3v) is 7.31. The molecule has 2 aliphatic rings. The largest absolute Gasteiger partial charge is 0.314 e. The number of benzene rings is 2. The van der Waals surface area contributed by atoms with Crippen molar-refractivity contribution in [2.24, 2.45) is 0 Å². The van der Waals surface area contributed by atoms with Gasteiger partial charge in [0.15, 0.2) is 0 Å². The van der Waals surface area contributed by atoms with Crippen LogP contribution in [0, 0.1) is 0 Å². The van der Waals surface area contributed by atoms with Crippen molar-refractivity contribution >= 4 is 10.0 Å². The summed E-state index contributed by atoms with van der Waals surface area (Å²) >= 11 is 0. The van der Waals surface area contributed by atoms with Crippen LogP contribution in [0.5, 0.6) is 0 Å². The van der Waals surface area contributed by atoms with E-state index in [0.29, 0.717) is 24.0 Å². The number of piperazine rings is 1. The molecule has 2 saturated heterocycles. The maximum absolute atomic E-state index is 13.4. The lowest BCUT2D eigenvalue weighted by Crippen LogP contribution is -2.49. The van der Waals surface area contributed by atoms with E-state index in [0.717, 1.165) is 43.7 Å². The Morgan fingerprint density at radius 1 is 0.885 bits per heavy atom. The van der Waals surface area contributed by atoms with Crippen LogP contribution in [0.25, 0.3) is 11.1 Å². The standard InChI is InChI=1S/C20H25N3O2S/c24-26(25,23-13-10-18(16-23)22-14-11-21-12-15-22)20-9-5-4-8-19(20)17-6-2-1-3-7-17/h1-9,18,21H,10-16H2. The summed E-state index contributed by atoms with van der Waals surface area (Å²) in [6.07, 6.45) is 0.909. The van der Waals surface area contributed by atoms with Crippen molar-refractivity contribution in [3.63, 3.8) is 0 Å². The second kappa shape index (κ2) is 7.48. The van der Waals surface area contributed by atoms with Crippen molar-refractivity contribution in [1.82, 2.24) is 14.5 Å². The minimum atomic E-state index is -3.50. The number of hydrogen-bond donors (Lipinski definition) is 1. The van der Waals surface area contributed by atoms with Gasteiger partial charge in [0.2, 0.25) is 10.0 Å². The molecule has 138 valence electrons. The van der Waals surface area contributed by atoms with Gasteiger partial charge in [0.25, 0.3) is 0 Å². The lowest BCUT2D eigenvalue weighted by atomic mass is 10.1. The zero-order valence-corrected chi connectivity index (χ0v) is 15.7. The van der Waals surface area contributed by atoms with Crippen LogP contribution < -0.4 is 5.32 Å². The Morgan fingerprint density at radius 3 is 2.35 bits per heavy atom. The lowest BCUT2D eigenvalue weighted by molar-refractivity contribution is 0.179. The molecule has 0 spiro atoms. The summed E-state index contributed by atoms with van der Waals surface area (Å²) in [7, 11) is -3.50. The Morgan fingerprint density at radius 2 is 1.58 bits per heavy atom. The third kappa shape index (κ3) is 3.42. The van der Waals surface area contributed by atoms with E-state index < -0.39 is 10.0 Å². The molecule has 1 N–H and O–H groups in total. The number of rotatable bonds is 4. The Hall–Kier alpha value is -1.73. The maximum atomic E-state index is 13.4. The predicted octanol–water partition coefficient (Wildman–Crippen LogP) is 2.02. The van der Waals surface area contributed by atoms with Crippen molar-refractivity contribution in [3.05, 3.63) is 54.6 Å². The molecule has 4 rings (SSSR count). The molecule has 1 unspecified atom stereocenters. The van der Waals surface area contributed by atoms with Crippen LogP contribution in [0.3, 0.4) is 0 Å². The van der Waals surface area contributed by atoms with Crippen molar-refractivity contribution < 1.29 is 8.42 Å². The van der Waals surface area contributed by atoms with E-state index in [-0.39, 0.29) is 0 Å². The van der Waals surface area contributed by atoms with Crippen LogP contribution in [0.1, 0.15) is 6.42 Å². The molecule has 5 nitrogen and oxygen atoms in total. The average molecular weight is 372 g/mol. The summed E-state index contributed by atoms with van der Waals surface area (Å²) in [5.74, 6) is 0. The van der Waals surface area contributed by atoms with Crippen molar-refractivity contribution in [2.75, 3.05) is 39.3 Å². The molecule has 0 radical (unpaired) electrons. The third-order valence-electron chi connectivity index (χ3n) is 5.38. The minimum absolute atomic E-state index is 0.329. The molecule has 1 atom stereocenters. The molecule has 0 aliphatic carbocycles. The van der Waals surface area contributed by atoms with E-state index in [2.05, 4.69) is 10.2 Å². The first kappa shape index (κ1) is 17.7. The molecule has 2 heterocycles. The van der Waals surface area contributed by atoms with Crippen molar-refractivity contribution in [3.8, 4) is 11.1 Å². The number of nitrogens with one attached hydrogen (secondary N) is 1. The van der Waals surface area contributed by atoms with Gasteiger partial charge >= 0.3 is 0 Å². The quantitative estimate of drug-likeness (QED) is 0.893. The van der Waals surface area contributed by atoms with Gasteiger partial charge in [-0.1, -0.05) is 48.5 Å². The normalized spacial score (nSPS) is 22.5. The van der Waals surface area contributed by atoms with Gasteiger partial charge in [-0.2, -0.15) is 4.31 Å². The molecule has 2 fully saturated rings. The van der Waals surface area contributed by atoms with Gasteiger partial charge in [-0.25, -0.2) is 8.42 Å². The Kier molecular flexibility index (Phi) is 5.09. The van der Waals surface area contributed by atoms with Crippen LogP contribution in [-0.4, -0.2) is 62.9 Å². The van der Waals surface area contributed by atoms with E-state index in [1.165, 1.54) is 0 Å². The number of nitrogens with zero attached hydrogens (tertiary/aromatic N) is 2. The Bertz CT molecular complexity index is 848. The topological polar surface area (TPSA) is 52.7 Å². The fourth-order valence-electron chi connectivity index (χ4n) is 3.96. The summed E-state index contributed by atoms with van der Waals surface area (Å²) in [5.41, 5.74) is 1.71. The summed E-state index contributed by atoms with van der Waals surface area (Å²) in [6.45, 7) is 5.16. The van der Waals surface area contributed by atoms with Crippen LogP contribution in [0.4, 0.5) is 0 Å². The van der Waals surface area contributed by atoms with Crippen molar-refractivity contribution in [1.29, 1.82) is 0 Å². The SMILES string of the molecule is O=S(=O)(c1ccccc1-c1ccccc1)N1CCC(N2CCNCC2)C1. The van der Waals surface area contributed by atoms with E-state index >= 15 is 0 Å². The highest BCUT2D eigenvalue weighted by Gasteiger charge is 2.36. The van der Waals surface area contributed by atoms with E-state index in [1.54, 1.807) is 10.4 Å². The first-order chi connectivity index (χ1) is 12.7. The molecular weight excluding hydrogens is 346 g/mol. The molecule has 0 saturated carbocycles. The molecule has 2 aromatic carbocycles. The second-order valence-electron chi connectivity index (χ2n) is 6.95. The Balaban J connectivity index is 1.60. The molecule has 0 amide bonds. The molecule has 2 aromatic rings. The lowest BCUT2D eigenvalue weighted by Gasteiger charge is -2.32. The predicted molar refractivity (Wildman–Crippen MR) is 103 cm³/mol. The Labute approximate surface area is 155 Å². The minimum Gasteiger partial charge on any atom is -0.314 e. The maximum Gasteiger partial charge on any atom is 0.243 e. The van der Waals surface area contributed by atoms with Gasteiger partial charge < -0.3 is 5.32 Å². The van der Waals surface area contributed by atoms with Gasteiger partial charge in [-0.15, -0.1) is 0 Å². The highest BCUT2D eigenvalue weighted by molar-refractivity contribution is 7.89. The van der Waals surface area contributed by atoms with Crippen LogP contribution in [-0.2, 0) is 10.0 Å². The van der Waals surface area contributed by atoms with E-state index in [9.17, 15) is 8.42 Å². The molecule has 26 heavy (non-hydrogen) atoms. The van der Waals surface area contributed by atoms with Gasteiger partial charge in [-0.05, 0) is 18.1 Å². The summed E-state index contributed by atoms with van der Waals surface area (Å²) in [4.78, 5) is 2.84. The van der Waals surface area contributed by atoms with E-state index in [4.69, 9.17) is 0 Å². The van der Waals surface area contributed by atoms with Gasteiger partial charge in [0, 0.05) is 50.9 Å². The van der Waals surface area contributed by atoms with Gasteiger partial charge in [0.05, 0.1) is 4.90 Å². The fourth-order valence-corrected chi connectivity index (χ4v) is 5.67. The zero-order valence-electron chi connectivity index (χ0n) is 14.8. The summed E-state index contributed by atoms with van der Waals surface area (Å²) < 4.78 is 28.4. The molecule has 2 aliphatic heterocycles.